The number of aromatic amines is 1. The van der Waals surface area contributed by atoms with Crippen molar-refractivity contribution in [2.45, 2.75) is 13.8 Å². The first-order valence-electron chi connectivity index (χ1n) is 5.79. The largest absolute Gasteiger partial charge is 0.291 e. The number of nitrogens with zero attached hydrogens (tertiary/aromatic N) is 2. The van der Waals surface area contributed by atoms with Gasteiger partial charge in [0.05, 0.1) is 10.7 Å². The van der Waals surface area contributed by atoms with Crippen LogP contribution in [-0.2, 0) is 0 Å². The number of hydrogen-bond donors (Lipinski definition) is 2. The number of hydrazone groups is 1. The molecule has 1 aromatic heterocycles. The predicted octanol–water partition coefficient (Wildman–Crippen LogP) is 3.18. The van der Waals surface area contributed by atoms with Gasteiger partial charge in [0.2, 0.25) is 0 Å². The van der Waals surface area contributed by atoms with E-state index in [1.54, 1.807) is 31.2 Å². The second kappa shape index (κ2) is 6.07. The Balaban J connectivity index is 2.13. The molecule has 0 spiro atoms. The number of rotatable bonds is 3. The molecular weight excluding hydrogens is 299 g/mol. The van der Waals surface area contributed by atoms with Crippen molar-refractivity contribution >= 4 is 34.8 Å². The minimum absolute atomic E-state index is 0.279. The molecule has 0 unspecified atom stereocenters. The Labute approximate surface area is 126 Å². The molecule has 1 heterocycles. The molecule has 0 radical (unpaired) electrons. The van der Waals surface area contributed by atoms with E-state index in [0.717, 1.165) is 5.69 Å². The zero-order valence-corrected chi connectivity index (χ0v) is 12.4. The van der Waals surface area contributed by atoms with Gasteiger partial charge in [0.1, 0.15) is 0 Å². The molecule has 0 aliphatic rings. The normalized spacial score (nSPS) is 11.5. The third-order valence-electron chi connectivity index (χ3n) is 2.58. The Bertz CT molecular complexity index is 679. The van der Waals surface area contributed by atoms with Crippen molar-refractivity contribution in [2.75, 3.05) is 0 Å². The standard InChI is InChI=1S/C13H12Cl2N4O/c1-7-5-12(18-16-7)13(20)19-17-8(2)10-4-3-9(14)6-11(10)15/h3-6H,1-2H3,(H,16,18)(H,19,20). The van der Waals surface area contributed by atoms with E-state index >= 15 is 0 Å². The maximum absolute atomic E-state index is 11.8. The van der Waals surface area contributed by atoms with Crippen LogP contribution in [-0.4, -0.2) is 21.8 Å². The van der Waals surface area contributed by atoms with E-state index in [-0.39, 0.29) is 5.69 Å². The first-order chi connectivity index (χ1) is 9.47. The van der Waals surface area contributed by atoms with Crippen LogP contribution in [0.15, 0.2) is 29.4 Å². The average Bonchev–Trinajstić information content (AvgIpc) is 2.82. The molecule has 0 fully saturated rings. The molecule has 0 atom stereocenters. The average molecular weight is 311 g/mol. The molecule has 0 saturated carbocycles. The molecule has 0 bridgehead atoms. The summed E-state index contributed by atoms with van der Waals surface area (Å²) >= 11 is 11.9. The molecule has 0 aliphatic heterocycles. The van der Waals surface area contributed by atoms with E-state index in [0.29, 0.717) is 21.3 Å². The molecular formula is C13H12Cl2N4O. The van der Waals surface area contributed by atoms with Crippen molar-refractivity contribution in [3.8, 4) is 0 Å². The summed E-state index contributed by atoms with van der Waals surface area (Å²) in [6.45, 7) is 3.55. The van der Waals surface area contributed by atoms with Crippen molar-refractivity contribution in [3.63, 3.8) is 0 Å². The summed E-state index contributed by atoms with van der Waals surface area (Å²) in [5, 5.41) is 11.6. The Morgan fingerprint density at radius 2 is 2.10 bits per heavy atom. The first-order valence-corrected chi connectivity index (χ1v) is 6.55. The van der Waals surface area contributed by atoms with Gasteiger partial charge in [-0.1, -0.05) is 29.3 Å². The second-order valence-electron chi connectivity index (χ2n) is 4.20. The van der Waals surface area contributed by atoms with Gasteiger partial charge in [0.15, 0.2) is 5.69 Å². The van der Waals surface area contributed by atoms with Crippen LogP contribution < -0.4 is 5.43 Å². The molecule has 104 valence electrons. The van der Waals surface area contributed by atoms with Gasteiger partial charge >= 0.3 is 0 Å². The lowest BCUT2D eigenvalue weighted by molar-refractivity contribution is 0.0950. The summed E-state index contributed by atoms with van der Waals surface area (Å²) < 4.78 is 0. The zero-order valence-electron chi connectivity index (χ0n) is 10.9. The first kappa shape index (κ1) is 14.6. The number of halogens is 2. The van der Waals surface area contributed by atoms with Gasteiger partial charge in [0.25, 0.3) is 5.91 Å². The van der Waals surface area contributed by atoms with Crippen molar-refractivity contribution in [1.82, 2.24) is 15.6 Å². The van der Waals surface area contributed by atoms with Crippen LogP contribution in [0.25, 0.3) is 0 Å². The third kappa shape index (κ3) is 3.37. The highest BCUT2D eigenvalue weighted by Gasteiger charge is 2.09. The van der Waals surface area contributed by atoms with Crippen LogP contribution in [0.3, 0.4) is 0 Å². The smallest absolute Gasteiger partial charge is 0.282 e. The summed E-state index contributed by atoms with van der Waals surface area (Å²) in [6.07, 6.45) is 0. The van der Waals surface area contributed by atoms with Crippen LogP contribution in [0, 0.1) is 6.92 Å². The molecule has 0 aliphatic carbocycles. The molecule has 20 heavy (non-hydrogen) atoms. The van der Waals surface area contributed by atoms with Gasteiger partial charge < -0.3 is 0 Å². The highest BCUT2D eigenvalue weighted by Crippen LogP contribution is 2.21. The Kier molecular flexibility index (Phi) is 4.42. The minimum Gasteiger partial charge on any atom is -0.282 e. The van der Waals surface area contributed by atoms with Crippen LogP contribution in [0.5, 0.6) is 0 Å². The molecule has 2 N–H and O–H groups in total. The van der Waals surface area contributed by atoms with Gasteiger partial charge in [-0.15, -0.1) is 0 Å². The lowest BCUT2D eigenvalue weighted by atomic mass is 10.1. The van der Waals surface area contributed by atoms with E-state index in [9.17, 15) is 4.79 Å². The van der Waals surface area contributed by atoms with E-state index in [1.165, 1.54) is 0 Å². The summed E-state index contributed by atoms with van der Waals surface area (Å²) in [6, 6.07) is 6.71. The van der Waals surface area contributed by atoms with Gasteiger partial charge in [-0.2, -0.15) is 10.2 Å². The third-order valence-corrected chi connectivity index (χ3v) is 3.13. The molecule has 0 saturated heterocycles. The van der Waals surface area contributed by atoms with Crippen molar-refractivity contribution in [3.05, 3.63) is 51.3 Å². The van der Waals surface area contributed by atoms with Crippen LogP contribution in [0.1, 0.15) is 28.7 Å². The fourth-order valence-corrected chi connectivity index (χ4v) is 2.11. The molecule has 1 aromatic carbocycles. The minimum atomic E-state index is -0.390. The van der Waals surface area contributed by atoms with Crippen molar-refractivity contribution in [2.24, 2.45) is 5.10 Å². The Morgan fingerprint density at radius 1 is 1.35 bits per heavy atom. The molecule has 7 heteroatoms. The number of amides is 1. The van der Waals surface area contributed by atoms with Crippen molar-refractivity contribution < 1.29 is 4.79 Å². The van der Waals surface area contributed by atoms with Crippen LogP contribution >= 0.6 is 23.2 Å². The number of benzene rings is 1. The predicted molar refractivity (Wildman–Crippen MR) is 79.5 cm³/mol. The summed E-state index contributed by atoms with van der Waals surface area (Å²) in [4.78, 5) is 11.8. The van der Waals surface area contributed by atoms with Gasteiger partial charge in [-0.3, -0.25) is 9.89 Å². The van der Waals surface area contributed by atoms with E-state index in [2.05, 4.69) is 20.7 Å². The second-order valence-corrected chi connectivity index (χ2v) is 5.04. The molecule has 5 nitrogen and oxygen atoms in total. The zero-order chi connectivity index (χ0) is 14.7. The maximum Gasteiger partial charge on any atom is 0.291 e. The SMILES string of the molecule is CC(=NNC(=O)c1cc(C)[nH]n1)c1ccc(Cl)cc1Cl. The van der Waals surface area contributed by atoms with Crippen LogP contribution in [0.2, 0.25) is 10.0 Å². The van der Waals surface area contributed by atoms with Crippen molar-refractivity contribution in [1.29, 1.82) is 0 Å². The molecule has 1 amide bonds. The Morgan fingerprint density at radius 3 is 2.70 bits per heavy atom. The van der Waals surface area contributed by atoms with E-state index in [4.69, 9.17) is 23.2 Å². The topological polar surface area (TPSA) is 70.1 Å². The summed E-state index contributed by atoms with van der Waals surface area (Å²) in [5.41, 5.74) is 4.79. The number of aryl methyl sites for hydroxylation is 1. The van der Waals surface area contributed by atoms with Crippen LogP contribution in [0.4, 0.5) is 0 Å². The maximum atomic E-state index is 11.8. The van der Waals surface area contributed by atoms with Gasteiger partial charge in [-0.05, 0) is 32.0 Å². The highest BCUT2D eigenvalue weighted by atomic mass is 35.5. The monoisotopic (exact) mass is 310 g/mol. The fourth-order valence-electron chi connectivity index (χ4n) is 1.57. The fraction of sp³-hybridized carbons (Fsp3) is 0.154. The number of carbonyl (C=O) groups is 1. The van der Waals surface area contributed by atoms with E-state index in [1.807, 2.05) is 6.92 Å². The van der Waals surface area contributed by atoms with E-state index < -0.39 is 5.91 Å². The molecule has 2 aromatic rings. The Hall–Kier alpha value is -1.85. The van der Waals surface area contributed by atoms with Gasteiger partial charge in [0, 0.05) is 16.3 Å². The lowest BCUT2D eigenvalue weighted by Crippen LogP contribution is -2.19. The van der Waals surface area contributed by atoms with Gasteiger partial charge in [-0.25, -0.2) is 5.43 Å². The molecule has 2 rings (SSSR count). The summed E-state index contributed by atoms with van der Waals surface area (Å²) in [7, 11) is 0. The number of H-pyrrole nitrogens is 1. The highest BCUT2D eigenvalue weighted by molar-refractivity contribution is 6.37. The number of aromatic nitrogens is 2. The number of nitrogens with one attached hydrogen (secondary N) is 2. The number of hydrogen-bond acceptors (Lipinski definition) is 3. The quantitative estimate of drug-likeness (QED) is 0.675. The number of carbonyl (C=O) groups excluding carboxylic acids is 1. The summed E-state index contributed by atoms with van der Waals surface area (Å²) in [5.74, 6) is -0.390. The lowest BCUT2D eigenvalue weighted by Gasteiger charge is -2.04.